The summed E-state index contributed by atoms with van der Waals surface area (Å²) in [4.78, 5) is 12.1. The third-order valence-electron chi connectivity index (χ3n) is 4.58. The van der Waals surface area contributed by atoms with Gasteiger partial charge in [-0.3, -0.25) is 4.79 Å². The Morgan fingerprint density at radius 1 is 1.24 bits per heavy atom. The van der Waals surface area contributed by atoms with Crippen LogP contribution in [0.15, 0.2) is 12.1 Å². The molecule has 1 saturated carbocycles. The molecule has 0 bridgehead atoms. The van der Waals surface area contributed by atoms with E-state index in [0.29, 0.717) is 12.0 Å². The van der Waals surface area contributed by atoms with Crippen LogP contribution in [0.25, 0.3) is 0 Å². The highest BCUT2D eigenvalue weighted by Crippen LogP contribution is 2.24. The van der Waals surface area contributed by atoms with Gasteiger partial charge in [0.25, 0.3) is 5.91 Å². The summed E-state index contributed by atoms with van der Waals surface area (Å²) in [6, 6.07) is 4.44. The van der Waals surface area contributed by atoms with Crippen LogP contribution < -0.4 is 10.1 Å². The summed E-state index contributed by atoms with van der Waals surface area (Å²) in [5, 5.41) is 3.12. The van der Waals surface area contributed by atoms with E-state index >= 15 is 0 Å². The molecule has 0 radical (unpaired) electrons. The van der Waals surface area contributed by atoms with Crippen LogP contribution in [0.5, 0.6) is 5.75 Å². The molecular formula is C18H27NO2. The molecule has 2 atom stereocenters. The lowest BCUT2D eigenvalue weighted by Crippen LogP contribution is -2.43. The minimum Gasteiger partial charge on any atom is -0.483 e. The van der Waals surface area contributed by atoms with E-state index in [4.69, 9.17) is 4.74 Å². The number of amides is 1. The largest absolute Gasteiger partial charge is 0.483 e. The van der Waals surface area contributed by atoms with Crippen LogP contribution in [0.2, 0.25) is 0 Å². The third-order valence-corrected chi connectivity index (χ3v) is 4.58. The molecule has 1 aromatic rings. The smallest absolute Gasteiger partial charge is 0.258 e. The molecule has 1 aromatic carbocycles. The van der Waals surface area contributed by atoms with E-state index in [2.05, 4.69) is 25.2 Å². The Hall–Kier alpha value is -1.51. The molecular weight excluding hydrogens is 262 g/mol. The van der Waals surface area contributed by atoms with Crippen LogP contribution in [-0.2, 0) is 4.79 Å². The zero-order valence-electron chi connectivity index (χ0n) is 13.7. The summed E-state index contributed by atoms with van der Waals surface area (Å²) in [6.45, 7) is 8.47. The molecule has 0 heterocycles. The van der Waals surface area contributed by atoms with Gasteiger partial charge >= 0.3 is 0 Å². The number of benzene rings is 1. The average molecular weight is 289 g/mol. The number of carbonyl (C=O) groups is 1. The molecule has 116 valence electrons. The van der Waals surface area contributed by atoms with Crippen molar-refractivity contribution in [3.8, 4) is 5.75 Å². The number of rotatable bonds is 4. The Morgan fingerprint density at radius 3 is 2.67 bits per heavy atom. The van der Waals surface area contributed by atoms with Crippen molar-refractivity contribution < 1.29 is 9.53 Å². The molecule has 0 unspecified atom stereocenters. The summed E-state index contributed by atoms with van der Waals surface area (Å²) in [7, 11) is 0. The second-order valence-corrected chi connectivity index (χ2v) is 6.43. The number of hydrogen-bond acceptors (Lipinski definition) is 2. The molecule has 3 heteroatoms. The van der Waals surface area contributed by atoms with Crippen LogP contribution in [0.3, 0.4) is 0 Å². The number of carbonyl (C=O) groups excluding carboxylic acids is 1. The van der Waals surface area contributed by atoms with Crippen molar-refractivity contribution >= 4 is 5.91 Å². The Balaban J connectivity index is 1.89. The van der Waals surface area contributed by atoms with Gasteiger partial charge in [-0.1, -0.05) is 25.8 Å². The van der Waals surface area contributed by atoms with Crippen molar-refractivity contribution in [2.75, 3.05) is 6.61 Å². The molecule has 1 amide bonds. The monoisotopic (exact) mass is 289 g/mol. The van der Waals surface area contributed by atoms with E-state index in [1.165, 1.54) is 24.8 Å². The standard InChI is InChI=1S/C18H27NO2/c1-12-9-14(3)15(4)17(10-12)21-11-18(20)19-16-8-6-5-7-13(16)2/h9-10,13,16H,5-8,11H2,1-4H3,(H,19,20)/t13-,16+/m0/s1. The summed E-state index contributed by atoms with van der Waals surface area (Å²) < 4.78 is 5.72. The van der Waals surface area contributed by atoms with E-state index in [1.54, 1.807) is 0 Å². The van der Waals surface area contributed by atoms with Crippen molar-refractivity contribution in [1.82, 2.24) is 5.32 Å². The average Bonchev–Trinajstić information content (AvgIpc) is 2.44. The Bertz CT molecular complexity index is 510. The normalized spacial score (nSPS) is 21.9. The van der Waals surface area contributed by atoms with Crippen LogP contribution in [0.1, 0.15) is 49.3 Å². The first-order chi connectivity index (χ1) is 9.97. The highest BCUT2D eigenvalue weighted by molar-refractivity contribution is 5.78. The van der Waals surface area contributed by atoms with Gasteiger partial charge in [-0.2, -0.15) is 0 Å². The molecule has 0 aromatic heterocycles. The minimum atomic E-state index is -0.00712. The van der Waals surface area contributed by atoms with E-state index in [9.17, 15) is 4.79 Å². The Morgan fingerprint density at radius 2 is 1.95 bits per heavy atom. The van der Waals surface area contributed by atoms with Gasteiger partial charge in [-0.05, 0) is 62.3 Å². The van der Waals surface area contributed by atoms with Gasteiger partial charge < -0.3 is 10.1 Å². The predicted octanol–water partition coefficient (Wildman–Crippen LogP) is 3.69. The Labute approximate surface area is 128 Å². The van der Waals surface area contributed by atoms with E-state index < -0.39 is 0 Å². The topological polar surface area (TPSA) is 38.3 Å². The molecule has 21 heavy (non-hydrogen) atoms. The van der Waals surface area contributed by atoms with Crippen molar-refractivity contribution in [3.63, 3.8) is 0 Å². The number of aryl methyl sites for hydroxylation is 2. The highest BCUT2D eigenvalue weighted by Gasteiger charge is 2.22. The van der Waals surface area contributed by atoms with E-state index in [0.717, 1.165) is 23.3 Å². The predicted molar refractivity (Wildman–Crippen MR) is 85.7 cm³/mol. The second-order valence-electron chi connectivity index (χ2n) is 6.43. The molecule has 1 fully saturated rings. The van der Waals surface area contributed by atoms with Crippen LogP contribution in [-0.4, -0.2) is 18.6 Å². The van der Waals surface area contributed by atoms with Gasteiger partial charge in [-0.25, -0.2) is 0 Å². The third kappa shape index (κ3) is 4.23. The minimum absolute atomic E-state index is 0.00712. The van der Waals surface area contributed by atoms with Crippen LogP contribution in [0, 0.1) is 26.7 Å². The first kappa shape index (κ1) is 15.9. The summed E-state index contributed by atoms with van der Waals surface area (Å²) in [5.74, 6) is 1.39. The lowest BCUT2D eigenvalue weighted by atomic mass is 9.86. The maximum absolute atomic E-state index is 12.1. The fraction of sp³-hybridized carbons (Fsp3) is 0.611. The number of nitrogens with one attached hydrogen (secondary N) is 1. The maximum atomic E-state index is 12.1. The molecule has 1 aliphatic rings. The molecule has 1 aliphatic carbocycles. The summed E-state index contributed by atoms with van der Waals surface area (Å²) in [5.41, 5.74) is 3.47. The fourth-order valence-corrected chi connectivity index (χ4v) is 3.07. The first-order valence-electron chi connectivity index (χ1n) is 7.97. The molecule has 0 spiro atoms. The van der Waals surface area contributed by atoms with Gasteiger partial charge in [0.15, 0.2) is 6.61 Å². The molecule has 0 aliphatic heterocycles. The van der Waals surface area contributed by atoms with Crippen molar-refractivity contribution in [1.29, 1.82) is 0 Å². The number of hydrogen-bond donors (Lipinski definition) is 1. The number of ether oxygens (including phenoxy) is 1. The zero-order chi connectivity index (χ0) is 15.4. The van der Waals surface area contributed by atoms with Crippen molar-refractivity contribution in [2.45, 2.75) is 59.4 Å². The lowest BCUT2D eigenvalue weighted by molar-refractivity contribution is -0.124. The molecule has 2 rings (SSSR count). The van der Waals surface area contributed by atoms with Gasteiger partial charge in [0.2, 0.25) is 0 Å². The van der Waals surface area contributed by atoms with Crippen molar-refractivity contribution in [2.24, 2.45) is 5.92 Å². The summed E-state index contributed by atoms with van der Waals surface area (Å²) in [6.07, 6.45) is 4.80. The lowest BCUT2D eigenvalue weighted by Gasteiger charge is -2.29. The molecule has 3 nitrogen and oxygen atoms in total. The second kappa shape index (κ2) is 6.97. The Kier molecular flexibility index (Phi) is 5.27. The van der Waals surface area contributed by atoms with Crippen LogP contribution in [0.4, 0.5) is 0 Å². The molecule has 0 saturated heterocycles. The van der Waals surface area contributed by atoms with E-state index in [-0.39, 0.29) is 12.5 Å². The van der Waals surface area contributed by atoms with Crippen LogP contribution >= 0.6 is 0 Å². The quantitative estimate of drug-likeness (QED) is 0.918. The van der Waals surface area contributed by atoms with Gasteiger partial charge in [0, 0.05) is 6.04 Å². The van der Waals surface area contributed by atoms with Crippen molar-refractivity contribution in [3.05, 3.63) is 28.8 Å². The van der Waals surface area contributed by atoms with E-state index in [1.807, 2.05) is 19.9 Å². The SMILES string of the molecule is Cc1cc(C)c(C)c(OCC(=O)N[C@@H]2CCCC[C@@H]2C)c1. The molecule has 1 N–H and O–H groups in total. The maximum Gasteiger partial charge on any atom is 0.258 e. The highest BCUT2D eigenvalue weighted by atomic mass is 16.5. The van der Waals surface area contributed by atoms with Gasteiger partial charge in [0.1, 0.15) is 5.75 Å². The first-order valence-corrected chi connectivity index (χ1v) is 7.97. The van der Waals surface area contributed by atoms with Gasteiger partial charge in [0.05, 0.1) is 0 Å². The summed E-state index contributed by atoms with van der Waals surface area (Å²) >= 11 is 0. The van der Waals surface area contributed by atoms with Gasteiger partial charge in [-0.15, -0.1) is 0 Å². The fourth-order valence-electron chi connectivity index (χ4n) is 3.07. The zero-order valence-corrected chi connectivity index (χ0v) is 13.7.